The van der Waals surface area contributed by atoms with Crippen LogP contribution >= 0.6 is 15.9 Å². The van der Waals surface area contributed by atoms with Crippen molar-refractivity contribution < 1.29 is 9.84 Å². The van der Waals surface area contributed by atoms with Gasteiger partial charge in [-0.3, -0.25) is 0 Å². The molecule has 0 saturated heterocycles. The predicted molar refractivity (Wildman–Crippen MR) is 48.8 cm³/mol. The third kappa shape index (κ3) is 10.1. The van der Waals surface area contributed by atoms with Gasteiger partial charge in [-0.2, -0.15) is 0 Å². The largest absolute Gasteiger partial charge is 0.394 e. The molecule has 0 fully saturated rings. The first-order valence-corrected chi connectivity index (χ1v) is 4.29. The van der Waals surface area contributed by atoms with E-state index < -0.39 is 0 Å². The number of rotatable bonds is 7. The van der Waals surface area contributed by atoms with E-state index in [1.165, 1.54) is 0 Å². The molecule has 0 unspecified atom stereocenters. The lowest BCUT2D eigenvalue weighted by Crippen LogP contribution is -2.21. The number of hydrogen-bond donors (Lipinski definition) is 2. The molecular weight excluding hydrogens is 210 g/mol. The zero-order valence-electron chi connectivity index (χ0n) is 6.48. The van der Waals surface area contributed by atoms with Gasteiger partial charge in [0.25, 0.3) is 0 Å². The first kappa shape index (κ1) is 11.1. The monoisotopic (exact) mass is 223 g/mol. The molecule has 0 radical (unpaired) electrons. The number of halogens is 1. The Bertz CT molecular complexity index is 109. The summed E-state index contributed by atoms with van der Waals surface area (Å²) in [4.78, 5) is 0. The Hall–Kier alpha value is 0.1000. The van der Waals surface area contributed by atoms with Crippen LogP contribution in [0.15, 0.2) is 11.1 Å². The molecule has 0 aromatic carbocycles. The standard InChI is InChI=1S/C7H14BrNO2/c1-7(8)6-9-2-4-11-5-3-10/h9-10H,1-6H2. The molecule has 4 heteroatoms. The van der Waals surface area contributed by atoms with Crippen LogP contribution in [0.1, 0.15) is 0 Å². The van der Waals surface area contributed by atoms with Gasteiger partial charge in [0.2, 0.25) is 0 Å². The van der Waals surface area contributed by atoms with Gasteiger partial charge >= 0.3 is 0 Å². The van der Waals surface area contributed by atoms with Gasteiger partial charge in [0, 0.05) is 17.6 Å². The lowest BCUT2D eigenvalue weighted by molar-refractivity contribution is 0.0943. The summed E-state index contributed by atoms with van der Waals surface area (Å²) in [6.07, 6.45) is 0. The summed E-state index contributed by atoms with van der Waals surface area (Å²) in [5.74, 6) is 0. The topological polar surface area (TPSA) is 41.5 Å². The van der Waals surface area contributed by atoms with Crippen molar-refractivity contribution in [2.75, 3.05) is 32.9 Å². The van der Waals surface area contributed by atoms with E-state index in [0.717, 1.165) is 17.6 Å². The minimum Gasteiger partial charge on any atom is -0.394 e. The zero-order chi connectivity index (χ0) is 8.53. The maximum atomic E-state index is 8.34. The predicted octanol–water partition coefficient (Wildman–Crippen LogP) is 0.493. The third-order valence-corrected chi connectivity index (χ3v) is 1.26. The smallest absolute Gasteiger partial charge is 0.0698 e. The second kappa shape index (κ2) is 8.20. The van der Waals surface area contributed by atoms with Crippen LogP contribution in [0.25, 0.3) is 0 Å². The first-order chi connectivity index (χ1) is 5.27. The van der Waals surface area contributed by atoms with Crippen molar-refractivity contribution in [1.82, 2.24) is 5.32 Å². The van der Waals surface area contributed by atoms with Crippen LogP contribution in [0.5, 0.6) is 0 Å². The minimum atomic E-state index is 0.0884. The normalized spacial score (nSPS) is 10.0. The summed E-state index contributed by atoms with van der Waals surface area (Å²) in [7, 11) is 0. The van der Waals surface area contributed by atoms with Crippen LogP contribution < -0.4 is 5.32 Å². The molecule has 0 heterocycles. The summed E-state index contributed by atoms with van der Waals surface area (Å²) in [5, 5.41) is 11.4. The van der Waals surface area contributed by atoms with E-state index in [2.05, 4.69) is 27.8 Å². The quantitative estimate of drug-likeness (QED) is 0.618. The Morgan fingerprint density at radius 1 is 1.55 bits per heavy atom. The fourth-order valence-corrected chi connectivity index (χ4v) is 0.733. The summed E-state index contributed by atoms with van der Waals surface area (Å²) in [5.41, 5.74) is 0. The Kier molecular flexibility index (Phi) is 8.27. The second-order valence-electron chi connectivity index (χ2n) is 2.03. The number of hydrogen-bond acceptors (Lipinski definition) is 3. The number of ether oxygens (including phenoxy) is 1. The third-order valence-electron chi connectivity index (χ3n) is 0.976. The van der Waals surface area contributed by atoms with Crippen LogP contribution in [-0.4, -0.2) is 38.0 Å². The molecule has 66 valence electrons. The Morgan fingerprint density at radius 3 is 2.82 bits per heavy atom. The molecule has 0 atom stereocenters. The van der Waals surface area contributed by atoms with E-state index in [0.29, 0.717) is 13.2 Å². The van der Waals surface area contributed by atoms with Crippen molar-refractivity contribution in [2.24, 2.45) is 0 Å². The van der Waals surface area contributed by atoms with Crippen molar-refractivity contribution >= 4 is 15.9 Å². The van der Waals surface area contributed by atoms with Gasteiger partial charge in [-0.1, -0.05) is 22.5 Å². The minimum absolute atomic E-state index is 0.0884. The van der Waals surface area contributed by atoms with Gasteiger partial charge in [-0.25, -0.2) is 0 Å². The zero-order valence-corrected chi connectivity index (χ0v) is 8.06. The summed E-state index contributed by atoms with van der Waals surface area (Å²) in [6.45, 7) is 6.33. The molecule has 2 N–H and O–H groups in total. The van der Waals surface area contributed by atoms with Crippen LogP contribution in [0, 0.1) is 0 Å². The van der Waals surface area contributed by atoms with Crippen LogP contribution in [0.4, 0.5) is 0 Å². The first-order valence-electron chi connectivity index (χ1n) is 3.50. The highest BCUT2D eigenvalue weighted by Crippen LogP contribution is 1.95. The lowest BCUT2D eigenvalue weighted by Gasteiger charge is -2.03. The fourth-order valence-electron chi connectivity index (χ4n) is 0.535. The molecule has 11 heavy (non-hydrogen) atoms. The Morgan fingerprint density at radius 2 is 2.27 bits per heavy atom. The summed E-state index contributed by atoms with van der Waals surface area (Å²) >= 11 is 3.22. The molecule has 0 aliphatic heterocycles. The molecule has 0 amide bonds. The van der Waals surface area contributed by atoms with Crippen molar-refractivity contribution in [1.29, 1.82) is 0 Å². The molecule has 3 nitrogen and oxygen atoms in total. The van der Waals surface area contributed by atoms with Crippen LogP contribution in [0.3, 0.4) is 0 Å². The molecule has 0 aliphatic rings. The van der Waals surface area contributed by atoms with E-state index in [-0.39, 0.29) is 6.61 Å². The van der Waals surface area contributed by atoms with E-state index in [1.54, 1.807) is 0 Å². The van der Waals surface area contributed by atoms with E-state index in [4.69, 9.17) is 9.84 Å². The Labute approximate surface area is 75.6 Å². The summed E-state index contributed by atoms with van der Waals surface area (Å²) < 4.78 is 5.94. The van der Waals surface area contributed by atoms with Gasteiger partial charge < -0.3 is 15.2 Å². The SMILES string of the molecule is C=C(Br)CNCCOCCO. The molecule has 0 spiro atoms. The molecule has 0 rings (SSSR count). The maximum Gasteiger partial charge on any atom is 0.0698 e. The molecule has 0 aromatic heterocycles. The average Bonchev–Trinajstić information content (AvgIpc) is 1.96. The molecular formula is C7H14BrNO2. The summed E-state index contributed by atoms with van der Waals surface area (Å²) in [6, 6.07) is 0. The highest BCUT2D eigenvalue weighted by Gasteiger charge is 1.88. The maximum absolute atomic E-state index is 8.34. The highest BCUT2D eigenvalue weighted by molar-refractivity contribution is 9.11. The van der Waals surface area contributed by atoms with E-state index in [9.17, 15) is 0 Å². The molecule has 0 bridgehead atoms. The van der Waals surface area contributed by atoms with E-state index in [1.807, 2.05) is 0 Å². The number of nitrogens with one attached hydrogen (secondary N) is 1. The fraction of sp³-hybridized carbons (Fsp3) is 0.714. The van der Waals surface area contributed by atoms with Gasteiger partial charge in [0.1, 0.15) is 0 Å². The van der Waals surface area contributed by atoms with Crippen molar-refractivity contribution in [3.63, 3.8) is 0 Å². The average molecular weight is 224 g/mol. The van der Waals surface area contributed by atoms with Crippen LogP contribution in [-0.2, 0) is 4.74 Å². The highest BCUT2D eigenvalue weighted by atomic mass is 79.9. The Balaban J connectivity index is 2.85. The van der Waals surface area contributed by atoms with Crippen molar-refractivity contribution in [3.8, 4) is 0 Å². The lowest BCUT2D eigenvalue weighted by atomic mass is 10.6. The van der Waals surface area contributed by atoms with Gasteiger partial charge in [-0.05, 0) is 0 Å². The van der Waals surface area contributed by atoms with Gasteiger partial charge in [-0.15, -0.1) is 0 Å². The van der Waals surface area contributed by atoms with Crippen molar-refractivity contribution in [2.45, 2.75) is 0 Å². The molecule has 0 saturated carbocycles. The van der Waals surface area contributed by atoms with Crippen molar-refractivity contribution in [3.05, 3.63) is 11.1 Å². The van der Waals surface area contributed by atoms with Crippen LogP contribution in [0.2, 0.25) is 0 Å². The molecule has 0 aromatic rings. The molecule has 0 aliphatic carbocycles. The second-order valence-corrected chi connectivity index (χ2v) is 3.15. The number of aliphatic hydroxyl groups excluding tert-OH is 1. The van der Waals surface area contributed by atoms with E-state index >= 15 is 0 Å². The van der Waals surface area contributed by atoms with Gasteiger partial charge in [0.15, 0.2) is 0 Å². The number of aliphatic hydroxyl groups is 1. The van der Waals surface area contributed by atoms with Gasteiger partial charge in [0.05, 0.1) is 19.8 Å².